The predicted molar refractivity (Wildman–Crippen MR) is 65.1 cm³/mol. The fourth-order valence-electron chi connectivity index (χ4n) is 3.14. The minimum Gasteiger partial charge on any atom is -0.353 e. The zero-order valence-electron chi connectivity index (χ0n) is 10.6. The molecule has 2 aliphatic heterocycles. The smallest absolute Gasteiger partial charge is 0.224 e. The highest BCUT2D eigenvalue weighted by atomic mass is 16.2. The van der Waals surface area contributed by atoms with Crippen LogP contribution in [0.1, 0.15) is 46.5 Å². The van der Waals surface area contributed by atoms with E-state index in [1.807, 2.05) is 0 Å². The Bertz CT molecular complexity index is 265. The third-order valence-electron chi connectivity index (χ3n) is 4.21. The van der Waals surface area contributed by atoms with E-state index in [1.54, 1.807) is 0 Å². The first-order chi connectivity index (χ1) is 7.61. The van der Waals surface area contributed by atoms with Crippen molar-refractivity contribution in [2.24, 2.45) is 11.8 Å². The van der Waals surface area contributed by atoms with E-state index in [0.717, 1.165) is 12.8 Å². The van der Waals surface area contributed by atoms with Gasteiger partial charge >= 0.3 is 0 Å². The molecule has 0 saturated carbocycles. The van der Waals surface area contributed by atoms with Crippen LogP contribution in [0.25, 0.3) is 0 Å². The van der Waals surface area contributed by atoms with Gasteiger partial charge < -0.3 is 10.6 Å². The van der Waals surface area contributed by atoms with Gasteiger partial charge in [0.1, 0.15) is 0 Å². The Balaban J connectivity index is 1.88. The lowest BCUT2D eigenvalue weighted by molar-refractivity contribution is -0.126. The standard InChI is InChI=1S/C13H24N2O/c1-4-11(8(2)3)15-13(16)10-7-9-5-6-12(10)14-9/h8-12,14H,4-7H2,1-3H3,(H,15,16). The van der Waals surface area contributed by atoms with Gasteiger partial charge in [0.25, 0.3) is 0 Å². The molecular formula is C13H24N2O. The average Bonchev–Trinajstić information content (AvgIpc) is 2.86. The van der Waals surface area contributed by atoms with Gasteiger partial charge in [-0.25, -0.2) is 0 Å². The second-order valence-corrected chi connectivity index (χ2v) is 5.66. The summed E-state index contributed by atoms with van der Waals surface area (Å²) in [5.74, 6) is 1.03. The molecule has 2 saturated heterocycles. The molecule has 0 aliphatic carbocycles. The highest BCUT2D eigenvalue weighted by Gasteiger charge is 2.43. The van der Waals surface area contributed by atoms with Gasteiger partial charge in [-0.2, -0.15) is 0 Å². The summed E-state index contributed by atoms with van der Waals surface area (Å²) in [4.78, 5) is 12.2. The first-order valence-electron chi connectivity index (χ1n) is 6.68. The third kappa shape index (κ3) is 2.24. The van der Waals surface area contributed by atoms with Crippen LogP contribution in [0.2, 0.25) is 0 Å². The van der Waals surface area contributed by atoms with Gasteiger partial charge in [-0.3, -0.25) is 4.79 Å². The third-order valence-corrected chi connectivity index (χ3v) is 4.21. The molecular weight excluding hydrogens is 200 g/mol. The second kappa shape index (κ2) is 4.74. The number of nitrogens with one attached hydrogen (secondary N) is 2. The normalized spacial score (nSPS) is 34.4. The average molecular weight is 224 g/mol. The Morgan fingerprint density at radius 1 is 1.44 bits per heavy atom. The van der Waals surface area contributed by atoms with Gasteiger partial charge in [0.15, 0.2) is 0 Å². The summed E-state index contributed by atoms with van der Waals surface area (Å²) in [5, 5.41) is 6.73. The van der Waals surface area contributed by atoms with Crippen molar-refractivity contribution in [1.82, 2.24) is 10.6 Å². The molecule has 1 amide bonds. The molecule has 16 heavy (non-hydrogen) atoms. The van der Waals surface area contributed by atoms with E-state index in [2.05, 4.69) is 31.4 Å². The monoisotopic (exact) mass is 224 g/mol. The van der Waals surface area contributed by atoms with E-state index in [4.69, 9.17) is 0 Å². The molecule has 2 N–H and O–H groups in total. The number of hydrogen-bond donors (Lipinski definition) is 2. The van der Waals surface area contributed by atoms with Crippen LogP contribution < -0.4 is 10.6 Å². The van der Waals surface area contributed by atoms with Crippen LogP contribution >= 0.6 is 0 Å². The molecule has 92 valence electrons. The maximum Gasteiger partial charge on any atom is 0.224 e. The molecule has 0 aromatic rings. The molecule has 4 unspecified atom stereocenters. The van der Waals surface area contributed by atoms with Crippen molar-refractivity contribution in [3.05, 3.63) is 0 Å². The van der Waals surface area contributed by atoms with Gasteiger partial charge in [0.2, 0.25) is 5.91 Å². The maximum atomic E-state index is 12.2. The van der Waals surface area contributed by atoms with Crippen LogP contribution in [-0.4, -0.2) is 24.0 Å². The summed E-state index contributed by atoms with van der Waals surface area (Å²) in [6, 6.07) is 1.40. The molecule has 0 radical (unpaired) electrons. The van der Waals surface area contributed by atoms with Crippen molar-refractivity contribution in [2.75, 3.05) is 0 Å². The van der Waals surface area contributed by atoms with Crippen molar-refractivity contribution in [1.29, 1.82) is 0 Å². The minimum atomic E-state index is 0.228. The number of rotatable bonds is 4. The highest BCUT2D eigenvalue weighted by Crippen LogP contribution is 2.33. The molecule has 2 aliphatic rings. The minimum absolute atomic E-state index is 0.228. The molecule has 2 bridgehead atoms. The lowest BCUT2D eigenvalue weighted by atomic mass is 9.88. The zero-order valence-corrected chi connectivity index (χ0v) is 10.6. The van der Waals surface area contributed by atoms with Crippen LogP contribution in [0, 0.1) is 11.8 Å². The summed E-state index contributed by atoms with van der Waals surface area (Å²) in [7, 11) is 0. The molecule has 2 rings (SSSR count). The summed E-state index contributed by atoms with van der Waals surface area (Å²) in [5.41, 5.74) is 0. The van der Waals surface area contributed by atoms with E-state index >= 15 is 0 Å². The van der Waals surface area contributed by atoms with Crippen molar-refractivity contribution >= 4 is 5.91 Å². The van der Waals surface area contributed by atoms with E-state index in [9.17, 15) is 4.79 Å². The number of carbonyl (C=O) groups excluding carboxylic acids is 1. The maximum absolute atomic E-state index is 12.2. The zero-order chi connectivity index (χ0) is 11.7. The molecule has 0 spiro atoms. The number of hydrogen-bond acceptors (Lipinski definition) is 2. The van der Waals surface area contributed by atoms with E-state index < -0.39 is 0 Å². The van der Waals surface area contributed by atoms with Crippen molar-refractivity contribution in [3.63, 3.8) is 0 Å². The van der Waals surface area contributed by atoms with E-state index in [0.29, 0.717) is 24.0 Å². The Morgan fingerprint density at radius 2 is 2.19 bits per heavy atom. The van der Waals surface area contributed by atoms with Gasteiger partial charge in [-0.05, 0) is 31.6 Å². The summed E-state index contributed by atoms with van der Waals surface area (Å²) in [6.07, 6.45) is 4.51. The van der Waals surface area contributed by atoms with Crippen LogP contribution in [0.15, 0.2) is 0 Å². The summed E-state index contributed by atoms with van der Waals surface area (Å²) < 4.78 is 0. The lowest BCUT2D eigenvalue weighted by Crippen LogP contribution is -2.44. The van der Waals surface area contributed by atoms with Crippen molar-refractivity contribution in [2.45, 2.75) is 64.6 Å². The first kappa shape index (κ1) is 11.9. The fraction of sp³-hybridized carbons (Fsp3) is 0.923. The van der Waals surface area contributed by atoms with Crippen LogP contribution in [0.5, 0.6) is 0 Å². The van der Waals surface area contributed by atoms with Crippen LogP contribution in [0.3, 0.4) is 0 Å². The molecule has 4 atom stereocenters. The molecule has 3 heteroatoms. The largest absolute Gasteiger partial charge is 0.353 e. The number of amides is 1. The second-order valence-electron chi connectivity index (χ2n) is 5.66. The van der Waals surface area contributed by atoms with Crippen LogP contribution in [0.4, 0.5) is 0 Å². The van der Waals surface area contributed by atoms with Crippen molar-refractivity contribution < 1.29 is 4.79 Å². The Hall–Kier alpha value is -0.570. The van der Waals surface area contributed by atoms with Gasteiger partial charge in [-0.1, -0.05) is 20.8 Å². The van der Waals surface area contributed by atoms with E-state index in [1.165, 1.54) is 12.8 Å². The Kier molecular flexibility index (Phi) is 3.53. The summed E-state index contributed by atoms with van der Waals surface area (Å²) >= 11 is 0. The topological polar surface area (TPSA) is 41.1 Å². The fourth-order valence-corrected chi connectivity index (χ4v) is 3.14. The molecule has 3 nitrogen and oxygen atoms in total. The lowest BCUT2D eigenvalue weighted by Gasteiger charge is -2.25. The number of fused-ring (bicyclic) bond motifs is 2. The van der Waals surface area contributed by atoms with Gasteiger partial charge in [-0.15, -0.1) is 0 Å². The Morgan fingerprint density at radius 3 is 2.62 bits per heavy atom. The van der Waals surface area contributed by atoms with Crippen molar-refractivity contribution in [3.8, 4) is 0 Å². The molecule has 2 fully saturated rings. The summed E-state index contributed by atoms with van der Waals surface area (Å²) in [6.45, 7) is 6.49. The first-order valence-corrected chi connectivity index (χ1v) is 6.68. The number of carbonyl (C=O) groups is 1. The quantitative estimate of drug-likeness (QED) is 0.763. The molecule has 2 heterocycles. The highest BCUT2D eigenvalue weighted by molar-refractivity contribution is 5.80. The Labute approximate surface area is 98.4 Å². The van der Waals surface area contributed by atoms with Gasteiger partial charge in [0, 0.05) is 18.1 Å². The van der Waals surface area contributed by atoms with Crippen LogP contribution in [-0.2, 0) is 4.79 Å². The van der Waals surface area contributed by atoms with E-state index in [-0.39, 0.29) is 11.8 Å². The SMILES string of the molecule is CCC(NC(=O)C1CC2CCC1N2)C(C)C. The molecule has 0 aromatic carbocycles. The van der Waals surface area contributed by atoms with Gasteiger partial charge in [0.05, 0.1) is 5.92 Å². The predicted octanol–water partition coefficient (Wildman–Crippen LogP) is 1.68. The molecule has 0 aromatic heterocycles.